The highest BCUT2D eigenvalue weighted by Gasteiger charge is 2.13. The highest BCUT2D eigenvalue weighted by atomic mass is 16.3. The van der Waals surface area contributed by atoms with E-state index in [0.717, 1.165) is 12.1 Å². The summed E-state index contributed by atoms with van der Waals surface area (Å²) in [5, 5.41) is 9.41. The third-order valence-electron chi connectivity index (χ3n) is 7.06. The van der Waals surface area contributed by atoms with Crippen LogP contribution in [0.4, 0.5) is 5.69 Å². The molecule has 2 rings (SSSR count). The van der Waals surface area contributed by atoms with Gasteiger partial charge in [-0.2, -0.15) is 0 Å². The summed E-state index contributed by atoms with van der Waals surface area (Å²) in [5.74, 6) is 0.0956. The van der Waals surface area contributed by atoms with E-state index in [4.69, 9.17) is 0 Å². The van der Waals surface area contributed by atoms with Gasteiger partial charge < -0.3 is 10.0 Å². The van der Waals surface area contributed by atoms with E-state index in [0.29, 0.717) is 5.56 Å². The number of aromatic hydroxyl groups is 1. The molecule has 35 heavy (non-hydrogen) atoms. The van der Waals surface area contributed by atoms with Crippen molar-refractivity contribution in [2.75, 3.05) is 11.9 Å². The molecule has 0 aliphatic heterocycles. The van der Waals surface area contributed by atoms with E-state index in [1.165, 1.54) is 108 Å². The average Bonchev–Trinajstić information content (AvgIpc) is 2.88. The van der Waals surface area contributed by atoms with Crippen LogP contribution in [0.3, 0.4) is 0 Å². The fraction of sp³-hybridized carbons (Fsp3) is 0.594. The monoisotopic (exact) mass is 479 g/mol. The van der Waals surface area contributed by atoms with Crippen molar-refractivity contribution >= 4 is 11.6 Å². The lowest BCUT2D eigenvalue weighted by molar-refractivity contribution is 0.0993. The largest absolute Gasteiger partial charge is 0.508 e. The van der Waals surface area contributed by atoms with Crippen LogP contribution in [0.2, 0.25) is 0 Å². The van der Waals surface area contributed by atoms with Crippen molar-refractivity contribution < 1.29 is 9.90 Å². The number of phenolic OH excluding ortho intramolecular Hbond substituents is 1. The molecule has 0 saturated heterocycles. The second kappa shape index (κ2) is 18.0. The van der Waals surface area contributed by atoms with Gasteiger partial charge in [0.15, 0.2) is 0 Å². The van der Waals surface area contributed by atoms with Gasteiger partial charge in [0.05, 0.1) is 0 Å². The summed E-state index contributed by atoms with van der Waals surface area (Å²) < 4.78 is 0. The fourth-order valence-corrected chi connectivity index (χ4v) is 4.68. The predicted molar refractivity (Wildman–Crippen MR) is 151 cm³/mol. The first-order valence-corrected chi connectivity index (χ1v) is 14.3. The van der Waals surface area contributed by atoms with E-state index in [-0.39, 0.29) is 11.7 Å². The first kappa shape index (κ1) is 28.9. The standard InChI is InChI=1S/C32H49NO2/c1-3-4-5-6-7-8-9-10-11-12-13-14-15-16-17-18-19-28-20-24-30(25-21-28)33(2)32(35)29-22-26-31(34)27-23-29/h20-27,34H,3-19H2,1-2H3. The van der Waals surface area contributed by atoms with E-state index >= 15 is 0 Å². The van der Waals surface area contributed by atoms with Crippen molar-refractivity contribution in [3.63, 3.8) is 0 Å². The molecule has 0 heterocycles. The maximum atomic E-state index is 12.6. The Morgan fingerprint density at radius 2 is 1.06 bits per heavy atom. The molecule has 194 valence electrons. The third kappa shape index (κ3) is 12.3. The van der Waals surface area contributed by atoms with E-state index in [9.17, 15) is 9.90 Å². The number of aryl methyl sites for hydroxylation is 1. The minimum atomic E-state index is -0.0736. The molecule has 3 nitrogen and oxygen atoms in total. The number of benzene rings is 2. The van der Waals surface area contributed by atoms with Crippen LogP contribution in [0.25, 0.3) is 0 Å². The Morgan fingerprint density at radius 3 is 1.51 bits per heavy atom. The molecular weight excluding hydrogens is 430 g/mol. The Morgan fingerprint density at radius 1 is 0.629 bits per heavy atom. The maximum absolute atomic E-state index is 12.6. The molecule has 0 aliphatic carbocycles. The van der Waals surface area contributed by atoms with Crippen molar-refractivity contribution in [2.24, 2.45) is 0 Å². The number of anilines is 1. The summed E-state index contributed by atoms with van der Waals surface area (Å²) in [6, 6.07) is 14.7. The molecule has 0 bridgehead atoms. The van der Waals surface area contributed by atoms with Crippen LogP contribution < -0.4 is 4.90 Å². The summed E-state index contributed by atoms with van der Waals surface area (Å²) >= 11 is 0. The summed E-state index contributed by atoms with van der Waals surface area (Å²) in [4.78, 5) is 14.3. The normalized spacial score (nSPS) is 11.0. The Kier molecular flexibility index (Phi) is 14.9. The van der Waals surface area contributed by atoms with Crippen LogP contribution in [0.15, 0.2) is 48.5 Å². The molecule has 0 saturated carbocycles. The van der Waals surface area contributed by atoms with E-state index in [2.05, 4.69) is 19.1 Å². The van der Waals surface area contributed by atoms with Crippen LogP contribution in [0.5, 0.6) is 5.75 Å². The highest BCUT2D eigenvalue weighted by molar-refractivity contribution is 6.05. The van der Waals surface area contributed by atoms with Gasteiger partial charge in [-0.3, -0.25) is 4.79 Å². The number of carbonyl (C=O) groups is 1. The molecule has 2 aromatic carbocycles. The molecule has 2 aromatic rings. The zero-order valence-electron chi connectivity index (χ0n) is 22.4. The second-order valence-corrected chi connectivity index (χ2v) is 10.1. The van der Waals surface area contributed by atoms with Gasteiger partial charge in [-0.1, -0.05) is 115 Å². The Labute approximate surface area is 215 Å². The first-order chi connectivity index (χ1) is 17.1. The Balaban J connectivity index is 1.47. The molecule has 0 atom stereocenters. The smallest absolute Gasteiger partial charge is 0.258 e. The van der Waals surface area contributed by atoms with Gasteiger partial charge >= 0.3 is 0 Å². The number of unbranched alkanes of at least 4 members (excludes halogenated alkanes) is 15. The van der Waals surface area contributed by atoms with E-state index in [1.54, 1.807) is 36.2 Å². The summed E-state index contributed by atoms with van der Waals surface area (Å²) in [6.45, 7) is 2.29. The number of rotatable bonds is 19. The van der Waals surface area contributed by atoms with Crippen LogP contribution in [-0.4, -0.2) is 18.1 Å². The van der Waals surface area contributed by atoms with Crippen LogP contribution in [-0.2, 0) is 6.42 Å². The number of hydrogen-bond donors (Lipinski definition) is 1. The zero-order chi connectivity index (χ0) is 25.1. The van der Waals surface area contributed by atoms with Crippen LogP contribution in [0, 0.1) is 0 Å². The SMILES string of the molecule is CCCCCCCCCCCCCCCCCCc1ccc(N(C)C(=O)c2ccc(O)cc2)cc1. The van der Waals surface area contributed by atoms with Gasteiger partial charge in [0.2, 0.25) is 0 Å². The number of nitrogens with zero attached hydrogens (tertiary/aromatic N) is 1. The molecule has 0 aromatic heterocycles. The van der Waals surface area contributed by atoms with Gasteiger partial charge in [0, 0.05) is 18.3 Å². The quantitative estimate of drug-likeness (QED) is 0.204. The number of phenols is 1. The lowest BCUT2D eigenvalue weighted by Crippen LogP contribution is -2.26. The molecule has 0 spiro atoms. The fourth-order valence-electron chi connectivity index (χ4n) is 4.68. The van der Waals surface area contributed by atoms with E-state index < -0.39 is 0 Å². The summed E-state index contributed by atoms with van der Waals surface area (Å²) in [6.07, 6.45) is 23.4. The summed E-state index contributed by atoms with van der Waals surface area (Å²) in [7, 11) is 1.79. The van der Waals surface area contributed by atoms with Crippen molar-refractivity contribution in [3.8, 4) is 5.75 Å². The molecule has 0 radical (unpaired) electrons. The Bertz CT molecular complexity index is 797. The molecule has 0 unspecified atom stereocenters. The van der Waals surface area contributed by atoms with Crippen LogP contribution >= 0.6 is 0 Å². The Hall–Kier alpha value is -2.29. The average molecular weight is 480 g/mol. The molecule has 3 heteroatoms. The van der Waals surface area contributed by atoms with Gasteiger partial charge in [-0.05, 0) is 54.8 Å². The zero-order valence-corrected chi connectivity index (χ0v) is 22.4. The molecule has 1 amide bonds. The number of amides is 1. The summed E-state index contributed by atoms with van der Waals surface area (Å²) in [5.41, 5.74) is 2.80. The second-order valence-electron chi connectivity index (χ2n) is 10.1. The maximum Gasteiger partial charge on any atom is 0.258 e. The topological polar surface area (TPSA) is 40.5 Å². The van der Waals surface area contributed by atoms with Crippen molar-refractivity contribution in [3.05, 3.63) is 59.7 Å². The number of carbonyl (C=O) groups excluding carboxylic acids is 1. The van der Waals surface area contributed by atoms with Gasteiger partial charge in [-0.25, -0.2) is 0 Å². The van der Waals surface area contributed by atoms with Gasteiger partial charge in [0.25, 0.3) is 5.91 Å². The van der Waals surface area contributed by atoms with Crippen molar-refractivity contribution in [1.82, 2.24) is 0 Å². The lowest BCUT2D eigenvalue weighted by atomic mass is 10.0. The first-order valence-electron chi connectivity index (χ1n) is 14.3. The van der Waals surface area contributed by atoms with Gasteiger partial charge in [0.1, 0.15) is 5.75 Å². The highest BCUT2D eigenvalue weighted by Crippen LogP contribution is 2.20. The van der Waals surface area contributed by atoms with E-state index in [1.807, 2.05) is 12.1 Å². The van der Waals surface area contributed by atoms with Crippen molar-refractivity contribution in [1.29, 1.82) is 0 Å². The van der Waals surface area contributed by atoms with Crippen molar-refractivity contribution in [2.45, 2.75) is 116 Å². The molecule has 1 N–H and O–H groups in total. The lowest BCUT2D eigenvalue weighted by Gasteiger charge is -2.18. The minimum absolute atomic E-state index is 0.0736. The van der Waals surface area contributed by atoms with Gasteiger partial charge in [-0.15, -0.1) is 0 Å². The third-order valence-corrected chi connectivity index (χ3v) is 7.06. The molecular formula is C32H49NO2. The molecule has 0 aliphatic rings. The van der Waals surface area contributed by atoms with Crippen LogP contribution in [0.1, 0.15) is 126 Å². The minimum Gasteiger partial charge on any atom is -0.508 e. The molecule has 0 fully saturated rings. The predicted octanol–water partition coefficient (Wildman–Crippen LogP) is 9.47. The number of hydrogen-bond acceptors (Lipinski definition) is 2.